The Morgan fingerprint density at radius 1 is 1.11 bits per heavy atom. The number of nitrogens with zero attached hydrogens (tertiary/aromatic N) is 3. The van der Waals surface area contributed by atoms with Crippen molar-refractivity contribution >= 4 is 35.1 Å². The Morgan fingerprint density at radius 2 is 1.81 bits per heavy atom. The maximum atomic E-state index is 12.2. The van der Waals surface area contributed by atoms with Gasteiger partial charge in [0.1, 0.15) is 6.33 Å². The van der Waals surface area contributed by atoms with Crippen molar-refractivity contribution in [1.29, 1.82) is 0 Å². The van der Waals surface area contributed by atoms with Crippen LogP contribution in [0.1, 0.15) is 5.56 Å². The number of nitrogens with two attached hydrogens (primary N) is 1. The van der Waals surface area contributed by atoms with Crippen LogP contribution < -0.4 is 16.4 Å². The summed E-state index contributed by atoms with van der Waals surface area (Å²) < 4.78 is 1.83. The summed E-state index contributed by atoms with van der Waals surface area (Å²) in [6.07, 6.45) is 1.61. The number of benzene rings is 2. The molecule has 8 nitrogen and oxygen atoms in total. The zero-order valence-corrected chi connectivity index (χ0v) is 15.4. The molecule has 0 unspecified atom stereocenters. The van der Waals surface area contributed by atoms with E-state index in [9.17, 15) is 9.59 Å². The van der Waals surface area contributed by atoms with Gasteiger partial charge in [0.15, 0.2) is 5.16 Å². The summed E-state index contributed by atoms with van der Waals surface area (Å²) in [5, 5.41) is 13.9. The molecule has 138 valence electrons. The highest BCUT2D eigenvalue weighted by Crippen LogP contribution is 2.21. The van der Waals surface area contributed by atoms with Crippen molar-refractivity contribution in [2.45, 2.75) is 12.1 Å². The second-order valence-electron chi connectivity index (χ2n) is 5.73. The van der Waals surface area contributed by atoms with Crippen LogP contribution in [-0.2, 0) is 4.79 Å². The number of aromatic nitrogens is 3. The van der Waals surface area contributed by atoms with Crippen LogP contribution >= 0.6 is 11.8 Å². The lowest BCUT2D eigenvalue weighted by Gasteiger charge is -2.08. The van der Waals surface area contributed by atoms with Gasteiger partial charge in [-0.2, -0.15) is 0 Å². The van der Waals surface area contributed by atoms with Gasteiger partial charge in [-0.05, 0) is 37.3 Å². The second-order valence-corrected chi connectivity index (χ2v) is 6.67. The van der Waals surface area contributed by atoms with Gasteiger partial charge in [0.25, 0.3) is 0 Å². The van der Waals surface area contributed by atoms with Gasteiger partial charge in [0.2, 0.25) is 5.91 Å². The molecule has 4 N–H and O–H groups in total. The molecule has 3 rings (SSSR count). The van der Waals surface area contributed by atoms with Gasteiger partial charge in [-0.3, -0.25) is 9.36 Å². The maximum absolute atomic E-state index is 12.2. The minimum atomic E-state index is -0.663. The lowest BCUT2D eigenvalue weighted by molar-refractivity contribution is -0.113. The first-order valence-electron chi connectivity index (χ1n) is 8.07. The Balaban J connectivity index is 1.61. The number of thioether (sulfide) groups is 1. The molecule has 0 spiro atoms. The van der Waals surface area contributed by atoms with Gasteiger partial charge in [-0.1, -0.05) is 35.5 Å². The normalized spacial score (nSPS) is 10.4. The SMILES string of the molecule is Cc1ccc(-n2cnnc2SCC(=O)Nc2cccc(NC(N)=O)c2)cc1. The monoisotopic (exact) mass is 382 g/mol. The van der Waals surface area contributed by atoms with Gasteiger partial charge in [0, 0.05) is 17.1 Å². The molecule has 27 heavy (non-hydrogen) atoms. The molecular formula is C18H18N6O2S. The first-order valence-corrected chi connectivity index (χ1v) is 9.06. The van der Waals surface area contributed by atoms with E-state index in [2.05, 4.69) is 20.8 Å². The number of amides is 3. The second kappa shape index (κ2) is 8.37. The van der Waals surface area contributed by atoms with E-state index in [4.69, 9.17) is 5.73 Å². The van der Waals surface area contributed by atoms with Crippen LogP contribution in [0.4, 0.5) is 16.2 Å². The maximum Gasteiger partial charge on any atom is 0.316 e. The fourth-order valence-electron chi connectivity index (χ4n) is 2.35. The smallest absolute Gasteiger partial charge is 0.316 e. The lowest BCUT2D eigenvalue weighted by Crippen LogP contribution is -2.19. The number of hydrogen-bond acceptors (Lipinski definition) is 5. The van der Waals surface area contributed by atoms with Gasteiger partial charge in [-0.25, -0.2) is 4.79 Å². The molecule has 0 aliphatic rings. The number of anilines is 2. The van der Waals surface area contributed by atoms with Crippen LogP contribution in [0.25, 0.3) is 5.69 Å². The van der Waals surface area contributed by atoms with Crippen LogP contribution in [0.2, 0.25) is 0 Å². The van der Waals surface area contributed by atoms with E-state index in [0.29, 0.717) is 16.5 Å². The Morgan fingerprint density at radius 3 is 2.52 bits per heavy atom. The molecule has 3 amide bonds. The molecule has 0 fully saturated rings. The fourth-order valence-corrected chi connectivity index (χ4v) is 3.08. The molecule has 0 saturated heterocycles. The van der Waals surface area contributed by atoms with Gasteiger partial charge in [0.05, 0.1) is 5.75 Å². The molecule has 0 atom stereocenters. The van der Waals surface area contributed by atoms with Gasteiger partial charge >= 0.3 is 6.03 Å². The van der Waals surface area contributed by atoms with E-state index < -0.39 is 6.03 Å². The topological polar surface area (TPSA) is 115 Å². The summed E-state index contributed by atoms with van der Waals surface area (Å²) >= 11 is 1.28. The molecule has 9 heteroatoms. The highest BCUT2D eigenvalue weighted by Gasteiger charge is 2.11. The highest BCUT2D eigenvalue weighted by atomic mass is 32.2. The largest absolute Gasteiger partial charge is 0.351 e. The van der Waals surface area contributed by atoms with Crippen LogP contribution in [0.3, 0.4) is 0 Å². The van der Waals surface area contributed by atoms with E-state index in [1.54, 1.807) is 30.6 Å². The summed E-state index contributed by atoms with van der Waals surface area (Å²) in [5.41, 5.74) is 8.25. The van der Waals surface area contributed by atoms with Gasteiger partial charge in [-0.15, -0.1) is 10.2 Å². The van der Waals surface area contributed by atoms with E-state index >= 15 is 0 Å². The molecule has 3 aromatic rings. The summed E-state index contributed by atoms with van der Waals surface area (Å²) in [6, 6.07) is 14.0. The number of hydrogen-bond donors (Lipinski definition) is 3. The molecule has 0 saturated carbocycles. The number of carbonyl (C=O) groups is 2. The summed E-state index contributed by atoms with van der Waals surface area (Å²) in [6.45, 7) is 2.02. The summed E-state index contributed by atoms with van der Waals surface area (Å²) in [7, 11) is 0. The molecule has 2 aromatic carbocycles. The fraction of sp³-hybridized carbons (Fsp3) is 0.111. The van der Waals surface area contributed by atoms with E-state index in [-0.39, 0.29) is 11.7 Å². The van der Waals surface area contributed by atoms with Crippen LogP contribution in [-0.4, -0.2) is 32.5 Å². The van der Waals surface area contributed by atoms with Crippen molar-refractivity contribution in [3.05, 3.63) is 60.4 Å². The summed E-state index contributed by atoms with van der Waals surface area (Å²) in [4.78, 5) is 23.1. The molecule has 0 aliphatic heterocycles. The third-order valence-corrected chi connectivity index (χ3v) is 4.52. The first kappa shape index (κ1) is 18.5. The Kier molecular flexibility index (Phi) is 5.72. The first-order chi connectivity index (χ1) is 13.0. The highest BCUT2D eigenvalue weighted by molar-refractivity contribution is 7.99. The molecular weight excluding hydrogens is 364 g/mol. The minimum Gasteiger partial charge on any atom is -0.351 e. The van der Waals surface area contributed by atoms with Crippen molar-refractivity contribution in [2.24, 2.45) is 5.73 Å². The quantitative estimate of drug-likeness (QED) is 0.567. The number of primary amides is 1. The Hall–Kier alpha value is -3.33. The Labute approximate surface area is 160 Å². The summed E-state index contributed by atoms with van der Waals surface area (Å²) in [5.74, 6) is -0.0347. The zero-order valence-electron chi connectivity index (χ0n) is 14.5. The number of urea groups is 1. The number of nitrogens with one attached hydrogen (secondary N) is 2. The average molecular weight is 382 g/mol. The van der Waals surface area contributed by atoms with Crippen molar-refractivity contribution in [2.75, 3.05) is 16.4 Å². The predicted molar refractivity (Wildman–Crippen MR) is 105 cm³/mol. The van der Waals surface area contributed by atoms with Crippen LogP contribution in [0.5, 0.6) is 0 Å². The van der Waals surface area contributed by atoms with Crippen molar-refractivity contribution < 1.29 is 9.59 Å². The average Bonchev–Trinajstić information content (AvgIpc) is 3.09. The van der Waals surface area contributed by atoms with Crippen LogP contribution in [0, 0.1) is 6.92 Å². The van der Waals surface area contributed by atoms with Crippen LogP contribution in [0.15, 0.2) is 60.0 Å². The number of carbonyl (C=O) groups excluding carboxylic acids is 2. The van der Waals surface area contributed by atoms with Crippen molar-refractivity contribution in [1.82, 2.24) is 14.8 Å². The number of rotatable bonds is 6. The molecule has 0 aliphatic carbocycles. The lowest BCUT2D eigenvalue weighted by atomic mass is 10.2. The molecule has 1 heterocycles. The van der Waals surface area contributed by atoms with Crippen molar-refractivity contribution in [3.8, 4) is 5.69 Å². The third-order valence-electron chi connectivity index (χ3n) is 3.57. The number of aryl methyl sites for hydroxylation is 1. The Bertz CT molecular complexity index is 954. The van der Waals surface area contributed by atoms with E-state index in [0.717, 1.165) is 11.3 Å². The zero-order chi connectivity index (χ0) is 19.2. The molecule has 1 aromatic heterocycles. The minimum absolute atomic E-state index is 0.165. The standard InChI is InChI=1S/C18H18N6O2S/c1-12-5-7-15(8-6-12)24-11-20-23-18(24)27-10-16(25)21-13-3-2-4-14(9-13)22-17(19)26/h2-9,11H,10H2,1H3,(H,21,25)(H3,19,22,26). The van der Waals surface area contributed by atoms with E-state index in [1.165, 1.54) is 11.8 Å². The van der Waals surface area contributed by atoms with E-state index in [1.807, 2.05) is 35.8 Å². The van der Waals surface area contributed by atoms with Gasteiger partial charge < -0.3 is 16.4 Å². The third kappa shape index (κ3) is 5.08. The molecule has 0 bridgehead atoms. The molecule has 0 radical (unpaired) electrons. The van der Waals surface area contributed by atoms with Crippen molar-refractivity contribution in [3.63, 3.8) is 0 Å². The predicted octanol–water partition coefficient (Wildman–Crippen LogP) is 2.80.